The van der Waals surface area contributed by atoms with Crippen molar-refractivity contribution in [2.24, 2.45) is 0 Å². The minimum Gasteiger partial charge on any atom is -0.381 e. The summed E-state index contributed by atoms with van der Waals surface area (Å²) in [6.45, 7) is 11.8. The molecule has 2 aliphatic rings. The number of hydrogen-bond donors (Lipinski definition) is 1. The molecule has 6 nitrogen and oxygen atoms in total. The van der Waals surface area contributed by atoms with Crippen molar-refractivity contribution in [1.29, 1.82) is 0 Å². The Labute approximate surface area is 162 Å². The molecular formula is C19H31N5OS. The van der Waals surface area contributed by atoms with Crippen LogP contribution < -0.4 is 5.32 Å². The first kappa shape index (κ1) is 19.6. The highest BCUT2D eigenvalue weighted by Gasteiger charge is 2.46. The molecule has 0 aromatic carbocycles. The topological polar surface area (TPSA) is 43.9 Å². The van der Waals surface area contributed by atoms with E-state index < -0.39 is 5.54 Å². The van der Waals surface area contributed by atoms with Crippen LogP contribution in [0.5, 0.6) is 0 Å². The molecule has 0 radical (unpaired) electrons. The number of nitrogens with one attached hydrogen (secondary N) is 1. The molecule has 1 unspecified atom stereocenters. The van der Waals surface area contributed by atoms with Gasteiger partial charge in [0, 0.05) is 59.1 Å². The van der Waals surface area contributed by atoms with E-state index in [1.807, 2.05) is 19.3 Å². The summed E-state index contributed by atoms with van der Waals surface area (Å²) >= 11 is 5.91. The van der Waals surface area contributed by atoms with Crippen molar-refractivity contribution in [2.45, 2.75) is 12.5 Å². The first-order valence-electron chi connectivity index (χ1n) is 9.62. The van der Waals surface area contributed by atoms with Gasteiger partial charge in [0.2, 0.25) is 0 Å². The molecule has 2 aliphatic heterocycles. The van der Waals surface area contributed by atoms with Gasteiger partial charge in [-0.15, -0.1) is 0 Å². The standard InChI is InChI=1S/C19H31N5OS/c1-3-22-8-10-24(11-9-22)19(18(26)20-2,17-6-4-5-7-21-17)16-23-12-14-25-15-13-23/h4-7H,3,8-16H2,1-2H3,(H,20,26). The number of likely N-dealkylation sites (N-methyl/N-ethyl adjacent to an activating group) is 2. The van der Waals surface area contributed by atoms with Gasteiger partial charge in [-0.25, -0.2) is 0 Å². The molecule has 26 heavy (non-hydrogen) atoms. The summed E-state index contributed by atoms with van der Waals surface area (Å²) in [5.74, 6) is 0. The number of rotatable bonds is 6. The van der Waals surface area contributed by atoms with Gasteiger partial charge in [0.25, 0.3) is 0 Å². The summed E-state index contributed by atoms with van der Waals surface area (Å²) < 4.78 is 5.55. The number of thiocarbonyl (C=S) groups is 1. The van der Waals surface area contributed by atoms with Gasteiger partial charge in [-0.1, -0.05) is 25.2 Å². The summed E-state index contributed by atoms with van der Waals surface area (Å²) in [6, 6.07) is 6.16. The molecule has 0 amide bonds. The number of ether oxygens (including phenoxy) is 1. The highest BCUT2D eigenvalue weighted by molar-refractivity contribution is 7.80. The van der Waals surface area contributed by atoms with Gasteiger partial charge in [0.15, 0.2) is 0 Å². The number of hydrogen-bond acceptors (Lipinski definition) is 6. The van der Waals surface area contributed by atoms with Crippen LogP contribution in [-0.2, 0) is 10.3 Å². The Morgan fingerprint density at radius 3 is 2.46 bits per heavy atom. The number of pyridine rings is 1. The van der Waals surface area contributed by atoms with Crippen molar-refractivity contribution in [3.05, 3.63) is 30.1 Å². The molecule has 7 heteroatoms. The molecule has 0 bridgehead atoms. The minimum atomic E-state index is -0.400. The fourth-order valence-corrected chi connectivity index (χ4v) is 4.32. The lowest BCUT2D eigenvalue weighted by Gasteiger charge is -2.49. The number of morpholine rings is 1. The van der Waals surface area contributed by atoms with E-state index in [4.69, 9.17) is 21.9 Å². The molecule has 3 heterocycles. The molecule has 0 spiro atoms. The average Bonchev–Trinajstić information content (AvgIpc) is 2.73. The average molecular weight is 378 g/mol. The second-order valence-electron chi connectivity index (χ2n) is 6.96. The fraction of sp³-hybridized carbons (Fsp3) is 0.684. The first-order chi connectivity index (χ1) is 12.7. The van der Waals surface area contributed by atoms with Crippen LogP contribution in [0.25, 0.3) is 0 Å². The third-order valence-corrected chi connectivity index (χ3v) is 6.15. The summed E-state index contributed by atoms with van der Waals surface area (Å²) in [4.78, 5) is 13.1. The molecular weight excluding hydrogens is 346 g/mol. The summed E-state index contributed by atoms with van der Waals surface area (Å²) in [5, 5.41) is 3.29. The van der Waals surface area contributed by atoms with Crippen LogP contribution in [0, 0.1) is 0 Å². The Morgan fingerprint density at radius 2 is 1.88 bits per heavy atom. The molecule has 0 saturated carbocycles. The van der Waals surface area contributed by atoms with Crippen LogP contribution in [0.15, 0.2) is 24.4 Å². The summed E-state index contributed by atoms with van der Waals surface area (Å²) in [5.41, 5.74) is 0.637. The van der Waals surface area contributed by atoms with Crippen LogP contribution in [0.1, 0.15) is 12.6 Å². The van der Waals surface area contributed by atoms with E-state index >= 15 is 0 Å². The number of piperazine rings is 1. The van der Waals surface area contributed by atoms with Gasteiger partial charge in [0.05, 0.1) is 18.9 Å². The third-order valence-electron chi connectivity index (χ3n) is 5.61. The Kier molecular flexibility index (Phi) is 6.94. The van der Waals surface area contributed by atoms with E-state index in [1.54, 1.807) is 0 Å². The Bertz CT molecular complexity index is 573. The lowest BCUT2D eigenvalue weighted by atomic mass is 9.89. The first-order valence-corrected chi connectivity index (χ1v) is 10.0. The molecule has 144 valence electrons. The van der Waals surface area contributed by atoms with Gasteiger partial charge in [-0.2, -0.15) is 0 Å². The van der Waals surface area contributed by atoms with Gasteiger partial charge in [0.1, 0.15) is 10.5 Å². The maximum atomic E-state index is 5.91. The lowest BCUT2D eigenvalue weighted by Crippen LogP contribution is -2.65. The van der Waals surface area contributed by atoms with E-state index in [0.29, 0.717) is 0 Å². The third kappa shape index (κ3) is 4.07. The van der Waals surface area contributed by atoms with Gasteiger partial charge >= 0.3 is 0 Å². The Hall–Kier alpha value is -1.12. The Morgan fingerprint density at radius 1 is 1.15 bits per heavy atom. The molecule has 0 aliphatic carbocycles. The highest BCUT2D eigenvalue weighted by atomic mass is 32.1. The predicted molar refractivity (Wildman–Crippen MR) is 109 cm³/mol. The van der Waals surface area contributed by atoms with Crippen molar-refractivity contribution in [1.82, 2.24) is 25.0 Å². The van der Waals surface area contributed by atoms with Crippen LogP contribution in [-0.4, -0.2) is 97.3 Å². The molecule has 1 aromatic rings. The summed E-state index contributed by atoms with van der Waals surface area (Å²) in [6.07, 6.45) is 1.88. The van der Waals surface area contributed by atoms with Gasteiger partial charge in [-0.3, -0.25) is 14.8 Å². The van der Waals surface area contributed by atoms with Crippen LogP contribution >= 0.6 is 12.2 Å². The summed E-state index contributed by atoms with van der Waals surface area (Å²) in [7, 11) is 1.93. The van der Waals surface area contributed by atoms with Crippen LogP contribution in [0.4, 0.5) is 0 Å². The number of nitrogens with zero attached hydrogens (tertiary/aromatic N) is 4. The monoisotopic (exact) mass is 377 g/mol. The van der Waals surface area contributed by atoms with Crippen LogP contribution in [0.3, 0.4) is 0 Å². The van der Waals surface area contributed by atoms with E-state index in [-0.39, 0.29) is 0 Å². The lowest BCUT2D eigenvalue weighted by molar-refractivity contribution is -0.00181. The van der Waals surface area contributed by atoms with Crippen molar-refractivity contribution >= 4 is 17.2 Å². The van der Waals surface area contributed by atoms with Crippen molar-refractivity contribution in [2.75, 3.05) is 72.6 Å². The normalized spacial score (nSPS) is 22.7. The maximum absolute atomic E-state index is 5.91. The zero-order valence-corrected chi connectivity index (χ0v) is 16.8. The van der Waals surface area contributed by atoms with Crippen molar-refractivity contribution in [3.63, 3.8) is 0 Å². The van der Waals surface area contributed by atoms with E-state index in [9.17, 15) is 0 Å². The molecule has 2 fully saturated rings. The zero-order valence-electron chi connectivity index (χ0n) is 16.0. The SMILES string of the molecule is CCN1CCN(C(CN2CCOCC2)(C(=S)NC)c2ccccn2)CC1. The predicted octanol–water partition coefficient (Wildman–Crippen LogP) is 0.793. The molecule has 1 N–H and O–H groups in total. The van der Waals surface area contributed by atoms with E-state index in [0.717, 1.165) is 76.3 Å². The molecule has 3 rings (SSSR count). The smallest absolute Gasteiger partial charge is 0.127 e. The fourth-order valence-electron chi connectivity index (χ4n) is 4.02. The molecule has 2 saturated heterocycles. The zero-order chi connectivity index (χ0) is 18.4. The number of aromatic nitrogens is 1. The maximum Gasteiger partial charge on any atom is 0.127 e. The second kappa shape index (κ2) is 9.19. The highest BCUT2D eigenvalue weighted by Crippen LogP contribution is 2.31. The van der Waals surface area contributed by atoms with Crippen molar-refractivity contribution in [3.8, 4) is 0 Å². The molecule has 1 aromatic heterocycles. The second-order valence-corrected chi connectivity index (χ2v) is 7.37. The molecule has 1 atom stereocenters. The minimum absolute atomic E-state index is 0.400. The van der Waals surface area contributed by atoms with E-state index in [1.165, 1.54) is 0 Å². The van der Waals surface area contributed by atoms with Gasteiger partial charge in [-0.05, 0) is 18.7 Å². The van der Waals surface area contributed by atoms with Crippen molar-refractivity contribution < 1.29 is 4.74 Å². The van der Waals surface area contributed by atoms with E-state index in [2.05, 4.69) is 39.1 Å². The Balaban J connectivity index is 1.95. The largest absolute Gasteiger partial charge is 0.381 e. The quantitative estimate of drug-likeness (QED) is 0.736. The van der Waals surface area contributed by atoms with Gasteiger partial charge < -0.3 is 15.0 Å². The van der Waals surface area contributed by atoms with Crippen LogP contribution in [0.2, 0.25) is 0 Å².